The summed E-state index contributed by atoms with van der Waals surface area (Å²) in [6.07, 6.45) is 1.46. The van der Waals surface area contributed by atoms with Gasteiger partial charge in [-0.3, -0.25) is 4.79 Å². The molecule has 0 bridgehead atoms. The fraction of sp³-hybridized carbons (Fsp3) is 0.480. The Bertz CT molecular complexity index is 1340. The summed E-state index contributed by atoms with van der Waals surface area (Å²) in [5.41, 5.74) is 4.75. The molecule has 8 nitrogen and oxygen atoms in total. The van der Waals surface area contributed by atoms with Gasteiger partial charge in [-0.1, -0.05) is 31.2 Å². The number of amides is 1. The Morgan fingerprint density at radius 1 is 1.12 bits per heavy atom. The molecule has 5 rings (SSSR count). The van der Waals surface area contributed by atoms with E-state index in [0.29, 0.717) is 42.1 Å². The number of aromatic nitrogens is 3. The van der Waals surface area contributed by atoms with E-state index in [1.807, 2.05) is 30.0 Å². The van der Waals surface area contributed by atoms with Gasteiger partial charge in [0.2, 0.25) is 0 Å². The predicted molar refractivity (Wildman–Crippen MR) is 133 cm³/mol. The molecule has 4 heterocycles. The van der Waals surface area contributed by atoms with Crippen LogP contribution in [0.2, 0.25) is 0 Å². The zero-order valence-corrected chi connectivity index (χ0v) is 20.8. The Morgan fingerprint density at radius 2 is 1.82 bits per heavy atom. The monoisotopic (exact) mass is 481 g/mol. The number of hydrogen-bond acceptors (Lipinski definition) is 6. The predicted octanol–water partition coefficient (Wildman–Crippen LogP) is 2.72. The van der Waals surface area contributed by atoms with E-state index in [9.17, 15) is 13.2 Å². The first-order chi connectivity index (χ1) is 16.3. The van der Waals surface area contributed by atoms with Crippen LogP contribution in [0.15, 0.2) is 30.3 Å². The number of nitrogens with zero attached hydrogens (tertiary/aromatic N) is 5. The second kappa shape index (κ2) is 8.78. The SMILES string of the molecule is CCc1ccc(-c2cc(C(=O)N3CCN(C)CC3)c3c(C)nn(C4CCS(=O)(=O)C4)c3n2)cc1. The van der Waals surface area contributed by atoms with Gasteiger partial charge in [-0.15, -0.1) is 0 Å². The van der Waals surface area contributed by atoms with Crippen molar-refractivity contribution < 1.29 is 13.2 Å². The lowest BCUT2D eigenvalue weighted by Crippen LogP contribution is -2.47. The van der Waals surface area contributed by atoms with E-state index in [1.54, 1.807) is 4.68 Å². The third-order valence-electron chi connectivity index (χ3n) is 7.07. The molecule has 1 atom stereocenters. The van der Waals surface area contributed by atoms with Crippen molar-refractivity contribution in [2.45, 2.75) is 32.7 Å². The first-order valence-electron chi connectivity index (χ1n) is 11.9. The van der Waals surface area contributed by atoms with Crippen molar-refractivity contribution in [3.8, 4) is 11.3 Å². The minimum Gasteiger partial charge on any atom is -0.336 e. The molecule has 1 unspecified atom stereocenters. The van der Waals surface area contributed by atoms with Crippen molar-refractivity contribution in [3.63, 3.8) is 0 Å². The minimum atomic E-state index is -3.09. The maximum absolute atomic E-state index is 13.7. The minimum absolute atomic E-state index is 0.0198. The number of piperazine rings is 1. The standard InChI is InChI=1S/C25H31N5O3S/c1-4-18-5-7-19(8-6-18)22-15-21(25(31)29-12-10-28(3)11-13-29)23-17(2)27-30(24(23)26-22)20-9-14-34(32,33)16-20/h5-8,15,20H,4,9-14,16H2,1-3H3. The zero-order chi connectivity index (χ0) is 24.0. The number of aryl methyl sites for hydroxylation is 2. The van der Waals surface area contributed by atoms with Gasteiger partial charge in [0, 0.05) is 31.7 Å². The van der Waals surface area contributed by atoms with Gasteiger partial charge in [0.25, 0.3) is 5.91 Å². The number of sulfone groups is 1. The van der Waals surface area contributed by atoms with Crippen molar-refractivity contribution >= 4 is 26.8 Å². The number of benzene rings is 1. The van der Waals surface area contributed by atoms with E-state index in [-0.39, 0.29) is 23.5 Å². The van der Waals surface area contributed by atoms with Crippen molar-refractivity contribution in [2.24, 2.45) is 0 Å². The Hall–Kier alpha value is -2.78. The summed E-state index contributed by atoms with van der Waals surface area (Å²) in [6, 6.07) is 9.84. The highest BCUT2D eigenvalue weighted by Crippen LogP contribution is 2.33. The average molecular weight is 482 g/mol. The van der Waals surface area contributed by atoms with E-state index in [2.05, 4.69) is 31.0 Å². The maximum atomic E-state index is 13.7. The lowest BCUT2D eigenvalue weighted by Gasteiger charge is -2.32. The molecular formula is C25H31N5O3S. The normalized spacial score (nSPS) is 20.8. The Kier molecular flexibility index (Phi) is 5.93. The highest BCUT2D eigenvalue weighted by molar-refractivity contribution is 7.91. The quantitative estimate of drug-likeness (QED) is 0.569. The molecule has 0 aliphatic carbocycles. The first-order valence-corrected chi connectivity index (χ1v) is 13.8. The number of carbonyl (C=O) groups is 1. The average Bonchev–Trinajstić information content (AvgIpc) is 3.37. The molecule has 2 aromatic heterocycles. The summed E-state index contributed by atoms with van der Waals surface area (Å²) in [5.74, 6) is 0.194. The Morgan fingerprint density at radius 3 is 2.44 bits per heavy atom. The van der Waals surface area contributed by atoms with E-state index >= 15 is 0 Å². The molecule has 34 heavy (non-hydrogen) atoms. The molecule has 180 valence electrons. The van der Waals surface area contributed by atoms with Crippen LogP contribution in [0, 0.1) is 6.92 Å². The van der Waals surface area contributed by atoms with E-state index in [1.165, 1.54) is 5.56 Å². The fourth-order valence-electron chi connectivity index (χ4n) is 4.94. The number of pyridine rings is 1. The van der Waals surface area contributed by atoms with E-state index in [0.717, 1.165) is 30.5 Å². The van der Waals surface area contributed by atoms with E-state index in [4.69, 9.17) is 10.1 Å². The molecule has 2 saturated heterocycles. The topological polar surface area (TPSA) is 88.4 Å². The molecule has 0 N–H and O–H groups in total. The molecule has 0 radical (unpaired) electrons. The lowest BCUT2D eigenvalue weighted by atomic mass is 10.0. The maximum Gasteiger partial charge on any atom is 0.254 e. The summed E-state index contributed by atoms with van der Waals surface area (Å²) in [6.45, 7) is 7.01. The van der Waals surface area contributed by atoms with Crippen LogP contribution in [0.25, 0.3) is 22.3 Å². The number of hydrogen-bond donors (Lipinski definition) is 0. The molecular weight excluding hydrogens is 450 g/mol. The second-order valence-electron chi connectivity index (χ2n) is 9.49. The molecule has 2 fully saturated rings. The van der Waals surface area contributed by atoms with Gasteiger partial charge in [-0.05, 0) is 38.4 Å². The Labute approximate surface area is 200 Å². The summed E-state index contributed by atoms with van der Waals surface area (Å²) >= 11 is 0. The highest BCUT2D eigenvalue weighted by Gasteiger charge is 2.33. The van der Waals surface area contributed by atoms with Gasteiger partial charge in [0.15, 0.2) is 15.5 Å². The van der Waals surface area contributed by atoms with Crippen LogP contribution in [-0.4, -0.2) is 83.6 Å². The van der Waals surface area contributed by atoms with Gasteiger partial charge in [0.1, 0.15) is 0 Å². The summed E-state index contributed by atoms with van der Waals surface area (Å²) in [5, 5.41) is 5.43. The van der Waals surface area contributed by atoms with Crippen LogP contribution < -0.4 is 0 Å². The van der Waals surface area contributed by atoms with Crippen LogP contribution in [0.4, 0.5) is 0 Å². The van der Waals surface area contributed by atoms with Crippen LogP contribution >= 0.6 is 0 Å². The molecule has 1 amide bonds. The number of fused-ring (bicyclic) bond motifs is 1. The molecule has 2 aliphatic rings. The van der Waals surface area contributed by atoms with Gasteiger partial charge >= 0.3 is 0 Å². The van der Waals surface area contributed by atoms with Crippen molar-refractivity contribution in [2.75, 3.05) is 44.7 Å². The zero-order valence-electron chi connectivity index (χ0n) is 20.0. The largest absolute Gasteiger partial charge is 0.336 e. The van der Waals surface area contributed by atoms with Crippen LogP contribution in [0.5, 0.6) is 0 Å². The molecule has 0 spiro atoms. The molecule has 2 aliphatic heterocycles. The van der Waals surface area contributed by atoms with Crippen LogP contribution in [0.3, 0.4) is 0 Å². The van der Waals surface area contributed by atoms with E-state index < -0.39 is 9.84 Å². The van der Waals surface area contributed by atoms with Crippen molar-refractivity contribution in [1.29, 1.82) is 0 Å². The molecule has 1 aromatic carbocycles. The van der Waals surface area contributed by atoms with Gasteiger partial charge in [-0.2, -0.15) is 5.10 Å². The summed E-state index contributed by atoms with van der Waals surface area (Å²) < 4.78 is 26.1. The third-order valence-corrected chi connectivity index (χ3v) is 8.82. The summed E-state index contributed by atoms with van der Waals surface area (Å²) in [7, 11) is -1.03. The number of likely N-dealkylation sites (N-methyl/N-ethyl adjacent to an activating group) is 1. The Balaban J connectivity index is 1.66. The van der Waals surface area contributed by atoms with Gasteiger partial charge in [0.05, 0.1) is 39.9 Å². The molecule has 3 aromatic rings. The van der Waals surface area contributed by atoms with Crippen LogP contribution in [0.1, 0.15) is 41.0 Å². The van der Waals surface area contributed by atoms with Crippen molar-refractivity contribution in [3.05, 3.63) is 47.2 Å². The number of carbonyl (C=O) groups excluding carboxylic acids is 1. The van der Waals surface area contributed by atoms with Crippen molar-refractivity contribution in [1.82, 2.24) is 24.6 Å². The second-order valence-corrected chi connectivity index (χ2v) is 11.7. The lowest BCUT2D eigenvalue weighted by molar-refractivity contribution is 0.0666. The third kappa shape index (κ3) is 4.22. The molecule has 9 heteroatoms. The smallest absolute Gasteiger partial charge is 0.254 e. The molecule has 0 saturated carbocycles. The first kappa shape index (κ1) is 23.0. The highest BCUT2D eigenvalue weighted by atomic mass is 32.2. The summed E-state index contributed by atoms with van der Waals surface area (Å²) in [4.78, 5) is 22.8. The number of rotatable bonds is 4. The van der Waals surface area contributed by atoms with Gasteiger partial charge in [-0.25, -0.2) is 18.1 Å². The van der Waals surface area contributed by atoms with Crippen LogP contribution in [-0.2, 0) is 16.3 Å². The fourth-order valence-corrected chi connectivity index (χ4v) is 6.64. The van der Waals surface area contributed by atoms with Gasteiger partial charge < -0.3 is 9.80 Å².